The van der Waals surface area contributed by atoms with Gasteiger partial charge in [-0.2, -0.15) is 0 Å². The number of rotatable bonds is 7. The van der Waals surface area contributed by atoms with Crippen molar-refractivity contribution in [3.05, 3.63) is 247 Å². The van der Waals surface area contributed by atoms with Gasteiger partial charge in [0.25, 0.3) is 0 Å². The highest BCUT2D eigenvalue weighted by Gasteiger charge is 2.49. The lowest BCUT2D eigenvalue weighted by Gasteiger charge is -2.40. The molecule has 288 valence electrons. The molecule has 1 heterocycles. The Balaban J connectivity index is 0.983. The number of anilines is 3. The third-order valence-electron chi connectivity index (χ3n) is 13.2. The van der Waals surface area contributed by atoms with Crippen molar-refractivity contribution in [1.82, 2.24) is 0 Å². The van der Waals surface area contributed by atoms with Crippen LogP contribution in [0.5, 0.6) is 0 Å². The van der Waals surface area contributed by atoms with Crippen molar-refractivity contribution in [2.45, 2.75) is 11.8 Å². The molecular weight excluding hydrogens is 755 g/mol. The number of thiophene rings is 1. The van der Waals surface area contributed by atoms with Gasteiger partial charge in [-0.1, -0.05) is 194 Å². The normalized spacial score (nSPS) is 16.6. The van der Waals surface area contributed by atoms with Gasteiger partial charge in [0.1, 0.15) is 0 Å². The lowest BCUT2D eigenvalue weighted by molar-refractivity contribution is 0.457. The van der Waals surface area contributed by atoms with Crippen LogP contribution >= 0.6 is 11.3 Å². The maximum absolute atomic E-state index is 2.50. The van der Waals surface area contributed by atoms with E-state index in [1.54, 1.807) is 0 Å². The van der Waals surface area contributed by atoms with Crippen LogP contribution < -0.4 is 4.90 Å². The van der Waals surface area contributed by atoms with Gasteiger partial charge in [0.15, 0.2) is 0 Å². The van der Waals surface area contributed by atoms with E-state index in [-0.39, 0.29) is 11.3 Å². The summed E-state index contributed by atoms with van der Waals surface area (Å²) in [5, 5.41) is 5.10. The number of nitrogens with zero attached hydrogens (tertiary/aromatic N) is 1. The largest absolute Gasteiger partial charge is 0.310 e. The fourth-order valence-corrected chi connectivity index (χ4v) is 11.7. The lowest BCUT2D eigenvalue weighted by atomic mass is 9.62. The molecule has 10 aromatic rings. The maximum atomic E-state index is 2.50. The van der Waals surface area contributed by atoms with Crippen LogP contribution in [0.4, 0.5) is 17.1 Å². The van der Waals surface area contributed by atoms with E-state index >= 15 is 0 Å². The molecule has 0 saturated carbocycles. The zero-order valence-corrected chi connectivity index (χ0v) is 34.4. The van der Waals surface area contributed by atoms with Gasteiger partial charge in [-0.05, 0) is 104 Å². The van der Waals surface area contributed by atoms with Crippen molar-refractivity contribution >= 4 is 59.3 Å². The minimum atomic E-state index is -0.354. The Labute approximate surface area is 360 Å². The van der Waals surface area contributed by atoms with E-state index in [9.17, 15) is 0 Å². The Morgan fingerprint density at radius 3 is 1.93 bits per heavy atom. The second kappa shape index (κ2) is 14.5. The Kier molecular flexibility index (Phi) is 8.47. The van der Waals surface area contributed by atoms with Crippen molar-refractivity contribution in [3.8, 4) is 33.4 Å². The molecule has 2 unspecified atom stereocenters. The first-order valence-corrected chi connectivity index (χ1v) is 22.1. The van der Waals surface area contributed by atoms with E-state index < -0.39 is 0 Å². The molecule has 0 saturated heterocycles. The summed E-state index contributed by atoms with van der Waals surface area (Å²) in [6, 6.07) is 76.7. The van der Waals surface area contributed by atoms with E-state index in [1.807, 2.05) is 11.3 Å². The van der Waals surface area contributed by atoms with Gasteiger partial charge in [-0.25, -0.2) is 0 Å². The molecule has 2 aliphatic rings. The fourth-order valence-electron chi connectivity index (χ4n) is 10.4. The monoisotopic (exact) mass is 795 g/mol. The van der Waals surface area contributed by atoms with E-state index in [0.717, 1.165) is 23.5 Å². The zero-order valence-electron chi connectivity index (χ0n) is 33.6. The first kappa shape index (κ1) is 35.7. The Hall–Kier alpha value is -7.26. The molecule has 12 rings (SSSR count). The molecule has 0 amide bonds. The van der Waals surface area contributed by atoms with E-state index in [2.05, 4.69) is 235 Å². The first-order valence-electron chi connectivity index (χ1n) is 21.3. The molecule has 61 heavy (non-hydrogen) atoms. The molecule has 0 N–H and O–H groups in total. The number of allylic oxidation sites excluding steroid dienone is 4. The molecule has 0 fully saturated rings. The standard InChI is InChI=1S/C59H41NS/c1-3-17-44(18-4-1)59(45-19-5-2-6-20-45)54-26-11-9-22-50(54)51-38-37-47(39-55(51)59)60(56-27-13-16-42-15-7-8-21-48(42)56)46-35-33-41(34-36-46)40-29-31-43(32-30-40)49-24-14-25-53-52-23-10-12-28-57(52)61-58(49)53/h1-19,21-39,45H,20H2. The third kappa shape index (κ3) is 5.67. The lowest BCUT2D eigenvalue weighted by Crippen LogP contribution is -2.35. The Morgan fingerprint density at radius 2 is 1.10 bits per heavy atom. The van der Waals surface area contributed by atoms with Crippen molar-refractivity contribution in [2.75, 3.05) is 4.90 Å². The molecule has 9 aromatic carbocycles. The molecule has 0 aliphatic heterocycles. The average Bonchev–Trinajstić information content (AvgIpc) is 3.87. The van der Waals surface area contributed by atoms with Crippen LogP contribution in [0.3, 0.4) is 0 Å². The molecular formula is C59H41NS. The predicted molar refractivity (Wildman–Crippen MR) is 261 cm³/mol. The maximum Gasteiger partial charge on any atom is 0.0540 e. The summed E-state index contributed by atoms with van der Waals surface area (Å²) in [5.74, 6) is 0.257. The predicted octanol–water partition coefficient (Wildman–Crippen LogP) is 16.5. The van der Waals surface area contributed by atoms with Crippen LogP contribution in [0.15, 0.2) is 231 Å². The smallest absolute Gasteiger partial charge is 0.0540 e. The van der Waals surface area contributed by atoms with Crippen molar-refractivity contribution in [3.63, 3.8) is 0 Å². The molecule has 0 bridgehead atoms. The Bertz CT molecular complexity index is 3330. The molecule has 2 aliphatic carbocycles. The number of hydrogen-bond donors (Lipinski definition) is 0. The van der Waals surface area contributed by atoms with Gasteiger partial charge in [-0.15, -0.1) is 11.3 Å². The van der Waals surface area contributed by atoms with Gasteiger partial charge in [0.2, 0.25) is 0 Å². The van der Waals surface area contributed by atoms with Crippen LogP contribution in [0, 0.1) is 5.92 Å². The molecule has 2 atom stereocenters. The average molecular weight is 796 g/mol. The molecule has 0 spiro atoms. The van der Waals surface area contributed by atoms with Crippen molar-refractivity contribution < 1.29 is 0 Å². The quantitative estimate of drug-likeness (QED) is 0.155. The zero-order chi connectivity index (χ0) is 40.3. The van der Waals surface area contributed by atoms with Crippen LogP contribution in [0.1, 0.15) is 23.1 Å². The number of benzene rings is 9. The summed E-state index contributed by atoms with van der Waals surface area (Å²) in [4.78, 5) is 2.47. The van der Waals surface area contributed by atoms with Crippen LogP contribution in [0.25, 0.3) is 64.3 Å². The van der Waals surface area contributed by atoms with Crippen molar-refractivity contribution in [2.24, 2.45) is 5.92 Å². The van der Waals surface area contributed by atoms with Gasteiger partial charge < -0.3 is 4.90 Å². The van der Waals surface area contributed by atoms with Gasteiger partial charge >= 0.3 is 0 Å². The van der Waals surface area contributed by atoms with E-state index in [1.165, 1.54) is 81.0 Å². The minimum absolute atomic E-state index is 0.257. The third-order valence-corrected chi connectivity index (χ3v) is 14.4. The highest BCUT2D eigenvalue weighted by Crippen LogP contribution is 2.59. The number of fused-ring (bicyclic) bond motifs is 7. The summed E-state index contributed by atoms with van der Waals surface area (Å²) < 4.78 is 2.68. The van der Waals surface area contributed by atoms with E-state index in [0.29, 0.717) is 0 Å². The van der Waals surface area contributed by atoms with E-state index in [4.69, 9.17) is 0 Å². The summed E-state index contributed by atoms with van der Waals surface area (Å²) in [6.45, 7) is 0. The molecule has 0 radical (unpaired) electrons. The summed E-state index contributed by atoms with van der Waals surface area (Å²) in [7, 11) is 0. The summed E-state index contributed by atoms with van der Waals surface area (Å²) in [6.07, 6.45) is 10.2. The summed E-state index contributed by atoms with van der Waals surface area (Å²) in [5.41, 5.74) is 14.7. The van der Waals surface area contributed by atoms with Gasteiger partial charge in [0.05, 0.1) is 11.1 Å². The molecule has 2 heteroatoms. The summed E-state index contributed by atoms with van der Waals surface area (Å²) >= 11 is 1.88. The fraction of sp³-hybridized carbons (Fsp3) is 0.0508. The highest BCUT2D eigenvalue weighted by molar-refractivity contribution is 7.26. The highest BCUT2D eigenvalue weighted by atomic mass is 32.1. The van der Waals surface area contributed by atoms with Gasteiger partial charge in [0, 0.05) is 36.9 Å². The van der Waals surface area contributed by atoms with Crippen LogP contribution in [-0.4, -0.2) is 0 Å². The van der Waals surface area contributed by atoms with Crippen LogP contribution in [0.2, 0.25) is 0 Å². The SMILES string of the molecule is C1=CCC(C2(c3ccccc3)c3ccccc3-c3ccc(N(c4ccc(-c5ccc(-c6cccc7c6sc6ccccc67)cc5)cc4)c4cccc5ccccc45)cc32)C=C1. The minimum Gasteiger partial charge on any atom is -0.310 e. The molecule has 1 nitrogen and oxygen atoms in total. The number of hydrogen-bond acceptors (Lipinski definition) is 2. The second-order valence-electron chi connectivity index (χ2n) is 16.3. The van der Waals surface area contributed by atoms with Crippen LogP contribution in [-0.2, 0) is 5.41 Å². The Morgan fingerprint density at radius 1 is 0.459 bits per heavy atom. The topological polar surface area (TPSA) is 3.24 Å². The first-order chi connectivity index (χ1) is 30.3. The van der Waals surface area contributed by atoms with Gasteiger partial charge in [-0.3, -0.25) is 0 Å². The van der Waals surface area contributed by atoms with Crippen molar-refractivity contribution in [1.29, 1.82) is 0 Å². The molecule has 1 aromatic heterocycles. The second-order valence-corrected chi connectivity index (χ2v) is 17.4.